The molecule has 0 saturated carbocycles. The van der Waals surface area contributed by atoms with E-state index in [4.69, 9.17) is 43.8 Å². The van der Waals surface area contributed by atoms with Gasteiger partial charge in [0.1, 0.15) is 5.48 Å². The first-order valence-corrected chi connectivity index (χ1v) is 13.5. The van der Waals surface area contributed by atoms with E-state index in [0.717, 1.165) is 0 Å². The minimum absolute atomic E-state index is 0.126. The molecule has 0 unspecified atom stereocenters. The third kappa shape index (κ3) is 10.2. The monoisotopic (exact) mass is 635 g/mol. The van der Waals surface area contributed by atoms with Crippen molar-refractivity contribution in [1.82, 2.24) is 5.32 Å². The molecule has 226 valence electrons. The molecule has 44 heavy (non-hydrogen) atoms. The second-order valence-electron chi connectivity index (χ2n) is 8.09. The van der Waals surface area contributed by atoms with Crippen molar-refractivity contribution in [2.24, 2.45) is 4.99 Å². The molecule has 0 spiro atoms. The third-order valence-corrected chi connectivity index (χ3v) is 5.50. The molecule has 4 aromatic rings. The fourth-order valence-corrected chi connectivity index (χ4v) is 3.57. The molecule has 12 heteroatoms. The molecule has 2 heterocycles. The number of fused-ring (bicyclic) bond motifs is 2. The lowest BCUT2D eigenvalue weighted by molar-refractivity contribution is 0.0975. The number of nitrogens with two attached hydrogens (primary N) is 1. The summed E-state index contributed by atoms with van der Waals surface area (Å²) in [5.74, 6) is 0.631. The molecule has 2 amide bonds. The molecule has 6 rings (SSSR count). The van der Waals surface area contributed by atoms with Gasteiger partial charge in [-0.05, 0) is 73.0 Å². The maximum absolute atomic E-state index is 12.0. The number of carbonyl (C=O) groups excluding carboxylic acids is 2. The summed E-state index contributed by atoms with van der Waals surface area (Å²) in [6, 6.07) is 26.9. The van der Waals surface area contributed by atoms with Gasteiger partial charge in [-0.25, -0.2) is 0 Å². The maximum atomic E-state index is 12.0. The molecule has 0 saturated heterocycles. The zero-order chi connectivity index (χ0) is 36.0. The number of nitrogens with one attached hydrogen (secondary N) is 2. The topological polar surface area (TPSA) is 134 Å². The molecule has 0 radical (unpaired) electrons. The summed E-state index contributed by atoms with van der Waals surface area (Å²) in [6.07, 6.45) is 0. The van der Waals surface area contributed by atoms with Gasteiger partial charge in [-0.1, -0.05) is 50.2 Å². The van der Waals surface area contributed by atoms with Gasteiger partial charge in [0.05, 0.1) is 5.16 Å². The van der Waals surface area contributed by atoms with Crippen molar-refractivity contribution in [1.29, 1.82) is 0 Å². The summed E-state index contributed by atoms with van der Waals surface area (Å²) in [5, 5.41) is 7.56. The highest BCUT2D eigenvalue weighted by Gasteiger charge is 2.14. The standard InChI is InChI=1S/C15H12N2O3S.C8H5NOS.C7H7NO2.C2H6/c18-14(10-4-2-1-3-5-10)17-15(21)16-11-6-7-12-13(8-11)20-9-19-12;10-8(9-6-11)7-4-2-1-3-5-7;8-5-1-2-6-7(3-5)10-4-9-6;1-2/h1-8H,9H2,(H2,16,17,18,21);1-5H;1-3H,4,8H2;1-2H3/i9D2;;4D2;1D. The van der Waals surface area contributed by atoms with Crippen LogP contribution >= 0.6 is 24.4 Å². The second-order valence-corrected chi connectivity index (χ2v) is 8.68. The summed E-state index contributed by atoms with van der Waals surface area (Å²) < 4.78 is 54.8. The summed E-state index contributed by atoms with van der Waals surface area (Å²) in [4.78, 5) is 26.3. The molecule has 10 nitrogen and oxygen atoms in total. The maximum Gasteiger partial charge on any atom is 0.285 e. The van der Waals surface area contributed by atoms with E-state index in [0.29, 0.717) is 46.6 Å². The predicted molar refractivity (Wildman–Crippen MR) is 177 cm³/mol. The van der Waals surface area contributed by atoms with Gasteiger partial charge in [0, 0.05) is 36.0 Å². The molecule has 0 aliphatic carbocycles. The molecule has 2 aliphatic heterocycles. The van der Waals surface area contributed by atoms with Crippen LogP contribution in [0, 0.1) is 0 Å². The molecular weight excluding hydrogens is 601 g/mol. The number of isothiocyanates is 1. The third-order valence-electron chi connectivity index (χ3n) is 5.21. The Balaban J connectivity index is 0.000000210. The van der Waals surface area contributed by atoms with Gasteiger partial charge in [-0.3, -0.25) is 14.9 Å². The number of hydrogen-bond acceptors (Lipinski definition) is 9. The van der Waals surface area contributed by atoms with E-state index in [1.54, 1.807) is 85.8 Å². The number of hydrogen-bond donors (Lipinski definition) is 3. The van der Waals surface area contributed by atoms with Gasteiger partial charge in [-0.15, -0.1) is 0 Å². The Bertz CT molecular complexity index is 1810. The molecule has 4 aromatic carbocycles. The number of amides is 2. The number of nitrogen functional groups attached to an aromatic ring is 1. The number of anilines is 2. The second kappa shape index (κ2) is 17.6. The minimum Gasteiger partial charge on any atom is -0.454 e. The fourth-order valence-electron chi connectivity index (χ4n) is 3.27. The van der Waals surface area contributed by atoms with E-state index in [2.05, 4.69) is 27.8 Å². The number of thiocarbonyl (C=S) groups is 2. The van der Waals surface area contributed by atoms with Crippen LogP contribution < -0.4 is 35.3 Å². The van der Waals surface area contributed by atoms with Gasteiger partial charge < -0.3 is 30.0 Å². The molecule has 2 aliphatic rings. The Hall–Kier alpha value is -5.29. The lowest BCUT2D eigenvalue weighted by Crippen LogP contribution is -2.34. The highest BCUT2D eigenvalue weighted by Crippen LogP contribution is 2.34. The van der Waals surface area contributed by atoms with Gasteiger partial charge in [0.15, 0.2) is 28.1 Å². The van der Waals surface area contributed by atoms with Gasteiger partial charge in [0.25, 0.3) is 11.8 Å². The number of aliphatic imine (C=N–C) groups is 1. The van der Waals surface area contributed by atoms with Crippen LogP contribution in [0.25, 0.3) is 0 Å². The van der Waals surface area contributed by atoms with Crippen molar-refractivity contribution < 1.29 is 35.4 Å². The van der Waals surface area contributed by atoms with Crippen molar-refractivity contribution in [2.45, 2.75) is 13.8 Å². The van der Waals surface area contributed by atoms with Crippen LogP contribution in [0.1, 0.15) is 41.4 Å². The Morgan fingerprint density at radius 1 is 0.841 bits per heavy atom. The molecule has 4 N–H and O–H groups in total. The zero-order valence-electron chi connectivity index (χ0n) is 28.2. The van der Waals surface area contributed by atoms with Crippen LogP contribution in [0.15, 0.2) is 102 Å². The summed E-state index contributed by atoms with van der Waals surface area (Å²) in [5.41, 5.74) is 7.56. The van der Waals surface area contributed by atoms with Crippen molar-refractivity contribution in [3.8, 4) is 23.0 Å². The molecule has 0 atom stereocenters. The Labute approximate surface area is 272 Å². The van der Waals surface area contributed by atoms with E-state index < -0.39 is 13.5 Å². The van der Waals surface area contributed by atoms with Gasteiger partial charge >= 0.3 is 0 Å². The smallest absolute Gasteiger partial charge is 0.285 e. The number of ether oxygens (including phenoxy) is 4. The highest BCUT2D eigenvalue weighted by molar-refractivity contribution is 7.80. The van der Waals surface area contributed by atoms with E-state index in [-0.39, 0.29) is 22.7 Å². The summed E-state index contributed by atoms with van der Waals surface area (Å²) >= 11 is 9.39. The SMILES string of the molecule is O=C(N=C=S)c1ccccc1.[2H]C1([2H])Oc2ccc(N)cc2O1.[2H]C1([2H])Oc2ccc(NC(=S)NC(=O)c3ccccc3)cc2O1.[2H]CC. The zero-order valence-corrected chi connectivity index (χ0v) is 24.9. The number of rotatable bonds is 3. The van der Waals surface area contributed by atoms with Gasteiger partial charge in [-0.2, -0.15) is 4.99 Å². The van der Waals surface area contributed by atoms with Crippen LogP contribution in [-0.2, 0) is 0 Å². The first-order valence-electron chi connectivity index (χ1n) is 15.4. The van der Waals surface area contributed by atoms with Crippen LogP contribution in [-0.4, -0.2) is 35.6 Å². The molecule has 0 bridgehead atoms. The van der Waals surface area contributed by atoms with Crippen molar-refractivity contribution in [2.75, 3.05) is 24.5 Å². The largest absolute Gasteiger partial charge is 0.454 e. The van der Waals surface area contributed by atoms with Crippen LogP contribution in [0.4, 0.5) is 11.4 Å². The van der Waals surface area contributed by atoms with Crippen molar-refractivity contribution >= 4 is 57.9 Å². The average molecular weight is 636 g/mol. The fraction of sp³-hybridized carbons (Fsp3) is 0.125. The number of benzene rings is 4. The van der Waals surface area contributed by atoms with Crippen molar-refractivity contribution in [3.63, 3.8) is 0 Å². The normalized spacial score (nSPS) is 14.9. The van der Waals surface area contributed by atoms with E-state index in [9.17, 15) is 9.59 Å². The number of nitrogens with zero attached hydrogens (tertiary/aromatic N) is 1. The minimum atomic E-state index is -2.18. The van der Waals surface area contributed by atoms with Crippen molar-refractivity contribution in [3.05, 3.63) is 108 Å². The lowest BCUT2D eigenvalue weighted by atomic mass is 10.2. The number of carbonyl (C=O) groups is 2. The summed E-state index contributed by atoms with van der Waals surface area (Å²) in [6.45, 7) is -1.95. The van der Waals surface area contributed by atoms with E-state index >= 15 is 0 Å². The molecule has 0 fully saturated rings. The average Bonchev–Trinajstić information content (AvgIpc) is 3.54. The first-order chi connectivity index (χ1) is 23.3. The quantitative estimate of drug-likeness (QED) is 0.130. The predicted octanol–water partition coefficient (Wildman–Crippen LogP) is 6.50. The highest BCUT2D eigenvalue weighted by atomic mass is 32.1. The van der Waals surface area contributed by atoms with Gasteiger partial charge in [0.2, 0.25) is 13.5 Å². The van der Waals surface area contributed by atoms with Crippen LogP contribution in [0.5, 0.6) is 23.0 Å². The summed E-state index contributed by atoms with van der Waals surface area (Å²) in [7, 11) is 0. The lowest BCUT2D eigenvalue weighted by Gasteiger charge is -2.10. The molecule has 0 aromatic heterocycles. The first kappa shape index (κ1) is 26.3. The van der Waals surface area contributed by atoms with Crippen LogP contribution in [0.3, 0.4) is 0 Å². The Morgan fingerprint density at radius 2 is 1.36 bits per heavy atom. The van der Waals surface area contributed by atoms with E-state index in [1.807, 2.05) is 17.3 Å². The van der Waals surface area contributed by atoms with E-state index in [1.165, 1.54) is 6.07 Å². The Morgan fingerprint density at radius 3 is 1.95 bits per heavy atom. The van der Waals surface area contributed by atoms with Crippen LogP contribution in [0.2, 0.25) is 0 Å². The Kier molecular flexibility index (Phi) is 10.5. The molecular formula is C32H30N4O6S2.